The molecule has 0 bridgehead atoms. The zero-order valence-corrected chi connectivity index (χ0v) is 13.0. The highest BCUT2D eigenvalue weighted by Gasteiger charge is 2.28. The summed E-state index contributed by atoms with van der Waals surface area (Å²) in [5, 5.41) is 0.192. The predicted octanol–water partition coefficient (Wildman–Crippen LogP) is 3.85. The third-order valence-corrected chi connectivity index (χ3v) is 4.66. The van der Waals surface area contributed by atoms with E-state index in [0.29, 0.717) is 5.92 Å². The molecule has 2 nitrogen and oxygen atoms in total. The van der Waals surface area contributed by atoms with Crippen LogP contribution in [0, 0.1) is 12.8 Å². The first-order chi connectivity index (χ1) is 8.49. The number of carbonyl (C=O) groups is 1. The Hall–Kier alpha value is -0.540. The zero-order valence-electron chi connectivity index (χ0n) is 10.6. The van der Waals surface area contributed by atoms with Crippen LogP contribution in [0.25, 0.3) is 0 Å². The molecule has 0 aliphatic carbocycles. The number of hydrogen-bond donors (Lipinski definition) is 0. The monoisotopic (exact) mass is 329 g/mol. The first-order valence-electron chi connectivity index (χ1n) is 6.18. The van der Waals surface area contributed by atoms with Crippen molar-refractivity contribution in [1.29, 1.82) is 0 Å². The molecular weight excluding hydrogens is 314 g/mol. The first-order valence-corrected chi connectivity index (χ1v) is 7.41. The van der Waals surface area contributed by atoms with Gasteiger partial charge in [-0.1, -0.05) is 28.9 Å². The topological polar surface area (TPSA) is 20.3 Å². The van der Waals surface area contributed by atoms with Crippen molar-refractivity contribution in [3.05, 3.63) is 33.8 Å². The maximum absolute atomic E-state index is 12.5. The minimum atomic E-state index is 0.115. The lowest BCUT2D eigenvalue weighted by Crippen LogP contribution is -2.43. The van der Waals surface area contributed by atoms with E-state index >= 15 is 0 Å². The van der Waals surface area contributed by atoms with Gasteiger partial charge in [0.15, 0.2) is 0 Å². The van der Waals surface area contributed by atoms with Gasteiger partial charge < -0.3 is 4.90 Å². The summed E-state index contributed by atoms with van der Waals surface area (Å²) in [5.74, 6) is 0.473. The molecule has 2 unspecified atom stereocenters. The Morgan fingerprint density at radius 1 is 1.50 bits per heavy atom. The smallest absolute Gasteiger partial charge is 0.254 e. The molecule has 1 saturated heterocycles. The van der Waals surface area contributed by atoms with Gasteiger partial charge in [-0.2, -0.15) is 0 Å². The van der Waals surface area contributed by atoms with Crippen LogP contribution in [0.4, 0.5) is 0 Å². The zero-order chi connectivity index (χ0) is 13.3. The predicted molar refractivity (Wildman–Crippen MR) is 78.2 cm³/mol. The summed E-state index contributed by atoms with van der Waals surface area (Å²) in [7, 11) is 0. The van der Waals surface area contributed by atoms with Crippen molar-refractivity contribution >= 4 is 33.4 Å². The van der Waals surface area contributed by atoms with Crippen LogP contribution in [0.5, 0.6) is 0 Å². The van der Waals surface area contributed by atoms with Gasteiger partial charge in [-0.3, -0.25) is 4.79 Å². The summed E-state index contributed by atoms with van der Waals surface area (Å²) in [6.07, 6.45) is 0.877. The number of amides is 1. The Kier molecular flexibility index (Phi) is 4.33. The second-order valence-corrected chi connectivity index (χ2v) is 6.47. The third-order valence-electron chi connectivity index (χ3n) is 3.52. The SMILES string of the molecule is Cc1ccc(Br)cc1C(=O)N1CCC(Cl)C(C)C1. The van der Waals surface area contributed by atoms with Gasteiger partial charge in [-0.15, -0.1) is 11.6 Å². The summed E-state index contributed by atoms with van der Waals surface area (Å²) in [6, 6.07) is 5.82. The van der Waals surface area contributed by atoms with Crippen molar-refractivity contribution in [2.75, 3.05) is 13.1 Å². The molecule has 98 valence electrons. The number of piperidine rings is 1. The second-order valence-electron chi connectivity index (χ2n) is 4.99. The average molecular weight is 331 g/mol. The minimum Gasteiger partial charge on any atom is -0.338 e. The molecule has 1 aromatic carbocycles. The van der Waals surface area contributed by atoms with Crippen molar-refractivity contribution in [2.24, 2.45) is 5.92 Å². The van der Waals surface area contributed by atoms with Crippen molar-refractivity contribution in [3.63, 3.8) is 0 Å². The molecule has 1 aromatic rings. The van der Waals surface area contributed by atoms with Crippen LogP contribution < -0.4 is 0 Å². The second kappa shape index (κ2) is 5.62. The van der Waals surface area contributed by atoms with Gasteiger partial charge in [0.05, 0.1) is 0 Å². The van der Waals surface area contributed by atoms with Crippen LogP contribution in [-0.4, -0.2) is 29.3 Å². The molecule has 0 saturated carbocycles. The molecule has 0 N–H and O–H groups in total. The van der Waals surface area contributed by atoms with Crippen molar-refractivity contribution in [3.8, 4) is 0 Å². The van der Waals surface area contributed by atoms with E-state index in [-0.39, 0.29) is 11.3 Å². The number of halogens is 2. The van der Waals surface area contributed by atoms with Crippen LogP contribution in [0.3, 0.4) is 0 Å². The molecular formula is C14H17BrClNO. The molecule has 18 heavy (non-hydrogen) atoms. The van der Waals surface area contributed by atoms with Gasteiger partial charge in [0.25, 0.3) is 5.91 Å². The third kappa shape index (κ3) is 2.89. The number of nitrogens with zero attached hydrogens (tertiary/aromatic N) is 1. The molecule has 0 spiro atoms. The van der Waals surface area contributed by atoms with Gasteiger partial charge in [-0.05, 0) is 37.0 Å². The summed E-state index contributed by atoms with van der Waals surface area (Å²) < 4.78 is 0.941. The maximum Gasteiger partial charge on any atom is 0.254 e. The van der Waals surface area contributed by atoms with Gasteiger partial charge >= 0.3 is 0 Å². The number of hydrogen-bond acceptors (Lipinski definition) is 1. The molecule has 1 heterocycles. The highest BCUT2D eigenvalue weighted by atomic mass is 79.9. The van der Waals surface area contributed by atoms with Crippen molar-refractivity contribution in [2.45, 2.75) is 25.6 Å². The summed E-state index contributed by atoms with van der Waals surface area (Å²) in [4.78, 5) is 14.4. The highest BCUT2D eigenvalue weighted by molar-refractivity contribution is 9.10. The van der Waals surface area contributed by atoms with Gasteiger partial charge in [0, 0.05) is 28.5 Å². The number of rotatable bonds is 1. The molecule has 0 radical (unpaired) electrons. The number of likely N-dealkylation sites (tertiary alicyclic amines) is 1. The fourth-order valence-corrected chi connectivity index (χ4v) is 2.83. The number of aryl methyl sites for hydroxylation is 1. The van der Waals surface area contributed by atoms with Gasteiger partial charge in [0.1, 0.15) is 0 Å². The van der Waals surface area contributed by atoms with Gasteiger partial charge in [0.2, 0.25) is 0 Å². The quantitative estimate of drug-likeness (QED) is 0.716. The van der Waals surface area contributed by atoms with E-state index < -0.39 is 0 Å². The van der Waals surface area contributed by atoms with E-state index in [9.17, 15) is 4.79 Å². The van der Waals surface area contributed by atoms with E-state index in [2.05, 4.69) is 22.9 Å². The highest BCUT2D eigenvalue weighted by Crippen LogP contribution is 2.24. The van der Waals surface area contributed by atoms with Crippen LogP contribution in [0.15, 0.2) is 22.7 Å². The molecule has 4 heteroatoms. The maximum atomic E-state index is 12.5. The van der Waals surface area contributed by atoms with E-state index in [1.54, 1.807) is 0 Å². The lowest BCUT2D eigenvalue weighted by atomic mass is 9.98. The van der Waals surface area contributed by atoms with Crippen LogP contribution >= 0.6 is 27.5 Å². The summed E-state index contributed by atoms with van der Waals surface area (Å²) >= 11 is 9.61. The fourth-order valence-electron chi connectivity index (χ4n) is 2.30. The van der Waals surface area contributed by atoms with Gasteiger partial charge in [-0.25, -0.2) is 0 Å². The Balaban J connectivity index is 2.19. The number of alkyl halides is 1. The molecule has 1 fully saturated rings. The van der Waals surface area contributed by atoms with Crippen molar-refractivity contribution < 1.29 is 4.79 Å². The fraction of sp³-hybridized carbons (Fsp3) is 0.500. The van der Waals surface area contributed by atoms with E-state index in [1.165, 1.54) is 0 Å². The number of benzene rings is 1. The van der Waals surface area contributed by atoms with E-state index in [4.69, 9.17) is 11.6 Å². The molecule has 1 amide bonds. The van der Waals surface area contributed by atoms with Crippen LogP contribution in [0.2, 0.25) is 0 Å². The number of carbonyl (C=O) groups excluding carboxylic acids is 1. The summed E-state index contributed by atoms with van der Waals surface area (Å²) in [6.45, 7) is 5.57. The lowest BCUT2D eigenvalue weighted by molar-refractivity contribution is 0.0686. The molecule has 1 aliphatic rings. The van der Waals surface area contributed by atoms with E-state index in [0.717, 1.165) is 35.1 Å². The minimum absolute atomic E-state index is 0.115. The normalized spacial score (nSPS) is 24.1. The van der Waals surface area contributed by atoms with Crippen LogP contribution in [-0.2, 0) is 0 Å². The Morgan fingerprint density at radius 2 is 2.22 bits per heavy atom. The Labute approximate surface area is 121 Å². The average Bonchev–Trinajstić information content (AvgIpc) is 2.35. The largest absolute Gasteiger partial charge is 0.338 e. The Morgan fingerprint density at radius 3 is 2.89 bits per heavy atom. The van der Waals surface area contributed by atoms with E-state index in [1.807, 2.05) is 30.0 Å². The lowest BCUT2D eigenvalue weighted by Gasteiger charge is -2.34. The van der Waals surface area contributed by atoms with Crippen molar-refractivity contribution in [1.82, 2.24) is 4.90 Å². The standard InChI is InChI=1S/C14H17BrClNO/c1-9-3-4-11(15)7-12(9)14(18)17-6-5-13(16)10(2)8-17/h3-4,7,10,13H,5-6,8H2,1-2H3. The van der Waals surface area contributed by atoms with Crippen LogP contribution in [0.1, 0.15) is 29.3 Å². The Bertz CT molecular complexity index is 463. The molecule has 0 aromatic heterocycles. The molecule has 2 atom stereocenters. The molecule has 2 rings (SSSR count). The molecule has 1 aliphatic heterocycles. The summed E-state index contributed by atoms with van der Waals surface area (Å²) in [5.41, 5.74) is 1.80. The first kappa shape index (κ1) is 13.9.